The maximum absolute atomic E-state index is 13.1. The zero-order chi connectivity index (χ0) is 22.4. The molecule has 3 aliphatic rings. The Kier molecular flexibility index (Phi) is 5.82. The van der Waals surface area contributed by atoms with Crippen LogP contribution in [0.2, 0.25) is 5.02 Å². The molecule has 0 radical (unpaired) electrons. The van der Waals surface area contributed by atoms with Crippen LogP contribution in [0.25, 0.3) is 0 Å². The van der Waals surface area contributed by atoms with Crippen LogP contribution in [-0.2, 0) is 23.7 Å². The third kappa shape index (κ3) is 3.53. The zero-order valence-corrected chi connectivity index (χ0v) is 17.7. The predicted molar refractivity (Wildman–Crippen MR) is 108 cm³/mol. The number of amides is 3. The summed E-state index contributed by atoms with van der Waals surface area (Å²) in [5, 5.41) is 20.7. The number of carbonyl (C=O) groups is 3. The predicted octanol–water partition coefficient (Wildman–Crippen LogP) is 1.86. The van der Waals surface area contributed by atoms with Crippen LogP contribution in [0.15, 0.2) is 29.2 Å². The van der Waals surface area contributed by atoms with Gasteiger partial charge < -0.3 is 24.3 Å². The Balaban J connectivity index is 1.76. The number of hydrogen-bond acceptors (Lipinski definition) is 8. The Morgan fingerprint density at radius 2 is 2.03 bits per heavy atom. The van der Waals surface area contributed by atoms with E-state index >= 15 is 0 Å². The number of rotatable bonds is 3. The van der Waals surface area contributed by atoms with Crippen LogP contribution >= 0.6 is 11.6 Å². The van der Waals surface area contributed by atoms with Gasteiger partial charge in [0.05, 0.1) is 31.7 Å². The summed E-state index contributed by atoms with van der Waals surface area (Å²) in [6.07, 6.45) is -1.29. The van der Waals surface area contributed by atoms with Gasteiger partial charge in [0, 0.05) is 12.1 Å². The fourth-order valence-electron chi connectivity index (χ4n) is 4.97. The first-order valence-corrected chi connectivity index (χ1v) is 10.1. The van der Waals surface area contributed by atoms with Crippen molar-refractivity contribution in [1.29, 1.82) is 0 Å². The van der Waals surface area contributed by atoms with Crippen LogP contribution in [0.4, 0.5) is 4.79 Å². The second-order valence-corrected chi connectivity index (χ2v) is 8.24. The number of carbonyl (C=O) groups excluding carboxylic acids is 3. The van der Waals surface area contributed by atoms with Gasteiger partial charge in [0.25, 0.3) is 0 Å². The van der Waals surface area contributed by atoms with Crippen LogP contribution < -0.4 is 0 Å². The van der Waals surface area contributed by atoms with Crippen LogP contribution in [-0.4, -0.2) is 60.9 Å². The van der Waals surface area contributed by atoms with Gasteiger partial charge in [-0.25, -0.2) is 4.79 Å². The van der Waals surface area contributed by atoms with E-state index < -0.39 is 48.9 Å². The quantitative estimate of drug-likeness (QED) is 0.529. The van der Waals surface area contributed by atoms with Gasteiger partial charge in [-0.05, 0) is 47.5 Å². The Bertz CT molecular complexity index is 982. The second-order valence-electron chi connectivity index (χ2n) is 7.84. The summed E-state index contributed by atoms with van der Waals surface area (Å²) in [5.41, 5.74) is 1.71. The van der Waals surface area contributed by atoms with Crippen LogP contribution in [0.1, 0.15) is 24.5 Å². The standard InChI is InChI=1S/C20H21BClNO8/c1-29-8-9-5-13-16(19(26)23(18(13)25)20(27)30-2)12-7-15(31-21(28)17(9)12)11-4-3-10(24)6-14(11)22/h3-4,6,12-13,15-16,24,28H,5,7-8H2,1-2H3/t12-,13-,15-,16+/m0/s1. The van der Waals surface area contributed by atoms with Crippen molar-refractivity contribution in [1.82, 2.24) is 4.90 Å². The highest BCUT2D eigenvalue weighted by atomic mass is 35.5. The molecule has 164 valence electrons. The highest BCUT2D eigenvalue weighted by molar-refractivity contribution is 6.53. The van der Waals surface area contributed by atoms with Crippen molar-refractivity contribution >= 4 is 36.6 Å². The van der Waals surface area contributed by atoms with E-state index in [1.165, 1.54) is 19.2 Å². The van der Waals surface area contributed by atoms with Gasteiger partial charge in [-0.2, -0.15) is 4.90 Å². The van der Waals surface area contributed by atoms with Crippen molar-refractivity contribution < 1.29 is 38.6 Å². The minimum Gasteiger partial charge on any atom is -0.508 e. The molecular weight excluding hydrogens is 428 g/mol. The first-order valence-electron chi connectivity index (χ1n) is 9.76. The van der Waals surface area contributed by atoms with Crippen molar-refractivity contribution in [2.45, 2.75) is 18.9 Å². The molecule has 4 atom stereocenters. The molecular formula is C20H21BClNO8. The molecule has 31 heavy (non-hydrogen) atoms. The van der Waals surface area contributed by atoms with Crippen molar-refractivity contribution in [3.8, 4) is 5.75 Å². The number of allylic oxidation sites excluding steroid dienone is 1. The summed E-state index contributed by atoms with van der Waals surface area (Å²) >= 11 is 6.27. The van der Waals surface area contributed by atoms with Gasteiger partial charge in [0.2, 0.25) is 11.8 Å². The summed E-state index contributed by atoms with van der Waals surface area (Å²) in [6.45, 7) is 0.153. The van der Waals surface area contributed by atoms with Gasteiger partial charge in [-0.15, -0.1) is 0 Å². The smallest absolute Gasteiger partial charge is 0.487 e. The zero-order valence-electron chi connectivity index (χ0n) is 16.9. The lowest BCUT2D eigenvalue weighted by atomic mass is 9.55. The molecule has 4 rings (SSSR count). The van der Waals surface area contributed by atoms with E-state index in [1.54, 1.807) is 6.07 Å². The minimum atomic E-state index is -1.34. The number of phenols is 1. The second kappa shape index (κ2) is 8.27. The lowest BCUT2D eigenvalue weighted by Crippen LogP contribution is -2.45. The third-order valence-electron chi connectivity index (χ3n) is 6.22. The molecule has 1 aromatic carbocycles. The van der Waals surface area contributed by atoms with E-state index in [2.05, 4.69) is 4.74 Å². The number of imide groups is 3. The molecule has 2 heterocycles. The van der Waals surface area contributed by atoms with Crippen molar-refractivity contribution in [2.24, 2.45) is 17.8 Å². The van der Waals surface area contributed by atoms with E-state index in [9.17, 15) is 24.5 Å². The van der Waals surface area contributed by atoms with Gasteiger partial charge in [0.1, 0.15) is 5.75 Å². The molecule has 0 aromatic heterocycles. The molecule has 11 heteroatoms. The molecule has 0 saturated carbocycles. The van der Waals surface area contributed by atoms with Gasteiger partial charge in [-0.3, -0.25) is 9.59 Å². The van der Waals surface area contributed by atoms with E-state index in [4.69, 9.17) is 21.0 Å². The number of aromatic hydroxyl groups is 1. The Labute approximate surface area is 183 Å². The van der Waals surface area contributed by atoms with E-state index in [0.717, 1.165) is 7.11 Å². The number of hydrogen-bond donors (Lipinski definition) is 2. The molecule has 0 unspecified atom stereocenters. The minimum absolute atomic E-state index is 0.0175. The summed E-state index contributed by atoms with van der Waals surface area (Å²) in [5.74, 6) is -3.43. The highest BCUT2D eigenvalue weighted by Crippen LogP contribution is 2.52. The summed E-state index contributed by atoms with van der Waals surface area (Å²) < 4.78 is 15.7. The maximum Gasteiger partial charge on any atom is 0.487 e. The average molecular weight is 450 g/mol. The Hall–Kier alpha value is -2.40. The number of fused-ring (bicyclic) bond motifs is 3. The summed E-state index contributed by atoms with van der Waals surface area (Å²) in [6, 6.07) is 4.40. The van der Waals surface area contributed by atoms with Crippen molar-refractivity contribution in [2.75, 3.05) is 20.8 Å². The number of nitrogens with zero attached hydrogens (tertiary/aromatic N) is 1. The topological polar surface area (TPSA) is 123 Å². The van der Waals surface area contributed by atoms with Gasteiger partial charge >= 0.3 is 13.2 Å². The van der Waals surface area contributed by atoms with Gasteiger partial charge in [0.15, 0.2) is 0 Å². The molecule has 9 nitrogen and oxygen atoms in total. The lowest BCUT2D eigenvalue weighted by molar-refractivity contribution is -0.137. The first kappa shape index (κ1) is 21.8. The molecule has 3 amide bonds. The largest absolute Gasteiger partial charge is 0.508 e. The molecule has 0 bridgehead atoms. The molecule has 1 aromatic rings. The van der Waals surface area contributed by atoms with E-state index in [0.29, 0.717) is 21.5 Å². The average Bonchev–Trinajstić information content (AvgIpc) is 2.97. The Morgan fingerprint density at radius 3 is 2.68 bits per heavy atom. The normalized spacial score (nSPS) is 28.0. The van der Waals surface area contributed by atoms with Gasteiger partial charge in [-0.1, -0.05) is 17.7 Å². The molecule has 2 aliphatic heterocycles. The molecule has 2 N–H and O–H groups in total. The molecule has 1 aliphatic carbocycles. The monoisotopic (exact) mass is 449 g/mol. The fourth-order valence-corrected chi connectivity index (χ4v) is 5.26. The van der Waals surface area contributed by atoms with Crippen molar-refractivity contribution in [3.05, 3.63) is 39.8 Å². The number of benzene rings is 1. The first-order chi connectivity index (χ1) is 14.8. The highest BCUT2D eigenvalue weighted by Gasteiger charge is 2.59. The van der Waals surface area contributed by atoms with E-state index in [-0.39, 0.29) is 30.2 Å². The fraction of sp³-hybridized carbons (Fsp3) is 0.450. The molecule has 0 spiro atoms. The summed E-state index contributed by atoms with van der Waals surface area (Å²) in [4.78, 5) is 38.6. The van der Waals surface area contributed by atoms with Crippen LogP contribution in [0.5, 0.6) is 5.75 Å². The van der Waals surface area contributed by atoms with E-state index in [1.807, 2.05) is 0 Å². The SMILES string of the molecule is COCC1=C2B(O)O[C@H](c3ccc(O)cc3Cl)C[C@H]2[C@H]2C(=O)N(C(=O)OC)C(=O)[C@H]2C1. The summed E-state index contributed by atoms with van der Waals surface area (Å²) in [7, 11) is 1.26. The molecule has 2 saturated heterocycles. The number of methoxy groups -OCH3 is 2. The number of phenolic OH excluding ortho intramolecular Hbond substituents is 1. The van der Waals surface area contributed by atoms with Crippen molar-refractivity contribution in [3.63, 3.8) is 0 Å². The maximum atomic E-state index is 13.1. The Morgan fingerprint density at radius 1 is 1.29 bits per heavy atom. The number of likely N-dealkylation sites (tertiary alicyclic amines) is 1. The number of ether oxygens (including phenoxy) is 2. The number of halogens is 1. The third-order valence-corrected chi connectivity index (χ3v) is 6.55. The lowest BCUT2D eigenvalue weighted by Gasteiger charge is -2.42. The van der Waals surface area contributed by atoms with Crippen LogP contribution in [0, 0.1) is 17.8 Å². The molecule has 2 fully saturated rings. The van der Waals surface area contributed by atoms with Crippen LogP contribution in [0.3, 0.4) is 0 Å².